The highest BCUT2D eigenvalue weighted by Crippen LogP contribution is 2.24. The van der Waals surface area contributed by atoms with Crippen LogP contribution in [0.25, 0.3) is 0 Å². The number of hydrogen-bond acceptors (Lipinski definition) is 4. The van der Waals surface area contributed by atoms with Gasteiger partial charge in [-0.05, 0) is 5.92 Å². The van der Waals surface area contributed by atoms with E-state index in [2.05, 4.69) is 9.56 Å². The standard InChI is InChI=1S/C4H11O4P/c1-4(2)3-7-8-9(5)6/h4-6H,3H2,1-2H3. The van der Waals surface area contributed by atoms with Crippen LogP contribution < -0.4 is 0 Å². The molecular formula is C4H11O4P. The molecule has 0 aromatic rings. The smallest absolute Gasteiger partial charge is 0.327 e. The van der Waals surface area contributed by atoms with E-state index in [1.54, 1.807) is 0 Å². The van der Waals surface area contributed by atoms with Crippen molar-refractivity contribution in [1.29, 1.82) is 0 Å². The summed E-state index contributed by atoms with van der Waals surface area (Å²) in [6, 6.07) is 0. The summed E-state index contributed by atoms with van der Waals surface area (Å²) in [7, 11) is -2.35. The Balaban J connectivity index is 2.91. The van der Waals surface area contributed by atoms with Crippen molar-refractivity contribution in [3.05, 3.63) is 0 Å². The zero-order valence-corrected chi connectivity index (χ0v) is 6.34. The average Bonchev–Trinajstić information content (AvgIpc) is 1.63. The van der Waals surface area contributed by atoms with Gasteiger partial charge in [-0.1, -0.05) is 13.8 Å². The van der Waals surface area contributed by atoms with Gasteiger partial charge in [0.15, 0.2) is 0 Å². The van der Waals surface area contributed by atoms with E-state index in [4.69, 9.17) is 9.79 Å². The van der Waals surface area contributed by atoms with Gasteiger partial charge in [0.25, 0.3) is 0 Å². The minimum atomic E-state index is -2.35. The van der Waals surface area contributed by atoms with Crippen LogP contribution >= 0.6 is 8.60 Å². The van der Waals surface area contributed by atoms with E-state index >= 15 is 0 Å². The van der Waals surface area contributed by atoms with Crippen LogP contribution in [0.2, 0.25) is 0 Å². The first-order chi connectivity index (χ1) is 4.13. The summed E-state index contributed by atoms with van der Waals surface area (Å²) in [5.74, 6) is 0.333. The molecule has 0 aliphatic rings. The second kappa shape index (κ2) is 5.09. The average molecular weight is 154 g/mol. The molecule has 2 N–H and O–H groups in total. The summed E-state index contributed by atoms with van der Waals surface area (Å²) in [5.41, 5.74) is 0. The minimum Gasteiger partial charge on any atom is -0.327 e. The van der Waals surface area contributed by atoms with Crippen molar-refractivity contribution >= 4 is 8.60 Å². The van der Waals surface area contributed by atoms with Crippen molar-refractivity contribution in [1.82, 2.24) is 0 Å². The quantitative estimate of drug-likeness (QED) is 0.357. The zero-order valence-electron chi connectivity index (χ0n) is 5.44. The largest absolute Gasteiger partial charge is 0.357 e. The van der Waals surface area contributed by atoms with E-state index in [9.17, 15) is 0 Å². The van der Waals surface area contributed by atoms with E-state index in [1.165, 1.54) is 0 Å². The maximum atomic E-state index is 8.14. The van der Waals surface area contributed by atoms with Crippen LogP contribution in [-0.4, -0.2) is 16.4 Å². The van der Waals surface area contributed by atoms with Gasteiger partial charge in [-0.2, -0.15) is 4.67 Å². The van der Waals surface area contributed by atoms with Crippen LogP contribution in [0.5, 0.6) is 0 Å². The maximum Gasteiger partial charge on any atom is 0.357 e. The van der Waals surface area contributed by atoms with Crippen LogP contribution in [0.1, 0.15) is 13.8 Å². The maximum absolute atomic E-state index is 8.14. The summed E-state index contributed by atoms with van der Waals surface area (Å²) in [6.45, 7) is 4.24. The summed E-state index contributed by atoms with van der Waals surface area (Å²) in [4.78, 5) is 20.7. The molecule has 0 aromatic carbocycles. The Morgan fingerprint density at radius 3 is 2.33 bits per heavy atom. The van der Waals surface area contributed by atoms with Gasteiger partial charge >= 0.3 is 8.60 Å². The third kappa shape index (κ3) is 8.27. The predicted molar refractivity (Wildman–Crippen MR) is 33.2 cm³/mol. The Bertz CT molecular complexity index is 57.6. The zero-order chi connectivity index (χ0) is 7.28. The molecular weight excluding hydrogens is 143 g/mol. The molecule has 0 aliphatic heterocycles. The molecule has 0 fully saturated rings. The van der Waals surface area contributed by atoms with Gasteiger partial charge < -0.3 is 9.79 Å². The third-order valence-corrected chi connectivity index (χ3v) is 0.759. The van der Waals surface area contributed by atoms with Gasteiger partial charge in [0.2, 0.25) is 0 Å². The first-order valence-electron chi connectivity index (χ1n) is 2.60. The van der Waals surface area contributed by atoms with Crippen molar-refractivity contribution < 1.29 is 19.3 Å². The van der Waals surface area contributed by atoms with Crippen molar-refractivity contribution in [2.45, 2.75) is 13.8 Å². The van der Waals surface area contributed by atoms with Crippen LogP contribution in [0.15, 0.2) is 0 Å². The van der Waals surface area contributed by atoms with E-state index in [-0.39, 0.29) is 0 Å². The minimum absolute atomic E-state index is 0.333. The van der Waals surface area contributed by atoms with Gasteiger partial charge in [0, 0.05) is 0 Å². The molecule has 0 bridgehead atoms. The summed E-state index contributed by atoms with van der Waals surface area (Å²) < 4.78 is 4.03. The molecule has 0 amide bonds. The predicted octanol–water partition coefficient (Wildman–Crippen LogP) is 0.802. The lowest BCUT2D eigenvalue weighted by atomic mass is 10.2. The van der Waals surface area contributed by atoms with Crippen LogP contribution in [-0.2, 0) is 9.56 Å². The molecule has 0 unspecified atom stereocenters. The molecule has 0 aromatic heterocycles. The molecule has 0 atom stereocenters. The van der Waals surface area contributed by atoms with Crippen molar-refractivity contribution in [3.8, 4) is 0 Å². The highest BCUT2D eigenvalue weighted by molar-refractivity contribution is 7.39. The van der Waals surface area contributed by atoms with Crippen LogP contribution in [0.4, 0.5) is 0 Å². The normalized spacial score (nSPS) is 11.3. The first kappa shape index (κ1) is 9.27. The fourth-order valence-corrected chi connectivity index (χ4v) is 0.369. The fraction of sp³-hybridized carbons (Fsp3) is 1.00. The lowest BCUT2D eigenvalue weighted by molar-refractivity contribution is -0.220. The van der Waals surface area contributed by atoms with Gasteiger partial charge in [0.05, 0.1) is 6.61 Å². The monoisotopic (exact) mass is 154 g/mol. The number of rotatable bonds is 4. The van der Waals surface area contributed by atoms with Gasteiger partial charge in [-0.15, -0.1) is 0 Å². The lowest BCUT2D eigenvalue weighted by Gasteiger charge is -2.04. The topological polar surface area (TPSA) is 58.9 Å². The van der Waals surface area contributed by atoms with Gasteiger partial charge in [-0.3, -0.25) is 0 Å². The fourth-order valence-electron chi connectivity index (χ4n) is 0.214. The van der Waals surface area contributed by atoms with Crippen LogP contribution in [0, 0.1) is 5.92 Å². The van der Waals surface area contributed by atoms with E-state index in [0.29, 0.717) is 12.5 Å². The highest BCUT2D eigenvalue weighted by Gasteiger charge is 2.00. The number of hydrogen-bond donors (Lipinski definition) is 2. The second-order valence-corrected chi connectivity index (χ2v) is 2.66. The Morgan fingerprint density at radius 2 is 2.00 bits per heavy atom. The Kier molecular flexibility index (Phi) is 5.24. The molecule has 0 saturated heterocycles. The second-order valence-electron chi connectivity index (χ2n) is 2.01. The Labute approximate surface area is 55.3 Å². The molecule has 9 heavy (non-hydrogen) atoms. The van der Waals surface area contributed by atoms with Gasteiger partial charge in [0.1, 0.15) is 0 Å². The highest BCUT2D eigenvalue weighted by atomic mass is 31.2. The van der Waals surface area contributed by atoms with Gasteiger partial charge in [-0.25, -0.2) is 4.89 Å². The van der Waals surface area contributed by atoms with E-state index < -0.39 is 8.60 Å². The SMILES string of the molecule is CC(C)COOP(O)O. The molecule has 56 valence electrons. The molecule has 0 rings (SSSR count). The first-order valence-corrected chi connectivity index (χ1v) is 3.77. The molecule has 0 aliphatic carbocycles. The third-order valence-electron chi connectivity index (χ3n) is 0.521. The molecule has 0 spiro atoms. The molecule has 5 heteroatoms. The van der Waals surface area contributed by atoms with E-state index in [1.807, 2.05) is 13.8 Å². The molecule has 4 nitrogen and oxygen atoms in total. The van der Waals surface area contributed by atoms with E-state index in [0.717, 1.165) is 0 Å². The van der Waals surface area contributed by atoms with Crippen molar-refractivity contribution in [2.75, 3.05) is 6.61 Å². The molecule has 0 saturated carbocycles. The molecule has 0 radical (unpaired) electrons. The molecule has 0 heterocycles. The Hall–Kier alpha value is 0.270. The summed E-state index contributed by atoms with van der Waals surface area (Å²) in [6.07, 6.45) is 0. The van der Waals surface area contributed by atoms with Crippen molar-refractivity contribution in [2.24, 2.45) is 5.92 Å². The van der Waals surface area contributed by atoms with Crippen LogP contribution in [0.3, 0.4) is 0 Å². The Morgan fingerprint density at radius 1 is 1.44 bits per heavy atom. The summed E-state index contributed by atoms with van der Waals surface area (Å²) in [5, 5.41) is 0. The summed E-state index contributed by atoms with van der Waals surface area (Å²) >= 11 is 0. The van der Waals surface area contributed by atoms with Crippen molar-refractivity contribution in [3.63, 3.8) is 0 Å². The lowest BCUT2D eigenvalue weighted by Crippen LogP contribution is -1.99.